The molecule has 1 aliphatic heterocycles. The zero-order valence-corrected chi connectivity index (χ0v) is 13.2. The molecule has 22 heavy (non-hydrogen) atoms. The smallest absolute Gasteiger partial charge is 0.191 e. The number of nitrogens with zero attached hydrogens (tertiary/aromatic N) is 1. The maximum absolute atomic E-state index is 11.5. The Morgan fingerprint density at radius 1 is 1.41 bits per heavy atom. The number of nitrogens with one attached hydrogen (secondary N) is 2. The number of hydrogen-bond donors (Lipinski definition) is 2. The third kappa shape index (κ3) is 3.41. The van der Waals surface area contributed by atoms with Crippen LogP contribution in [0.2, 0.25) is 0 Å². The molecule has 2 aromatic rings. The van der Waals surface area contributed by atoms with Gasteiger partial charge >= 0.3 is 0 Å². The minimum absolute atomic E-state index is 0.0770. The van der Waals surface area contributed by atoms with Gasteiger partial charge in [-0.1, -0.05) is 18.2 Å². The van der Waals surface area contributed by atoms with Crippen LogP contribution < -0.4 is 10.6 Å². The largest absolute Gasteiger partial charge is 0.459 e. The minimum atomic E-state index is -2.90. The summed E-state index contributed by atoms with van der Waals surface area (Å²) in [6, 6.07) is 9.73. The fourth-order valence-corrected chi connectivity index (χ4v) is 4.26. The number of hydrogen-bond acceptors (Lipinski definition) is 4. The van der Waals surface area contributed by atoms with E-state index in [0.29, 0.717) is 18.9 Å². The fraction of sp³-hybridized carbons (Fsp3) is 0.400. The predicted molar refractivity (Wildman–Crippen MR) is 86.6 cm³/mol. The van der Waals surface area contributed by atoms with Crippen molar-refractivity contribution in [2.24, 2.45) is 4.99 Å². The van der Waals surface area contributed by atoms with Crippen molar-refractivity contribution in [1.82, 2.24) is 10.6 Å². The highest BCUT2D eigenvalue weighted by Crippen LogP contribution is 2.18. The molecule has 0 amide bonds. The van der Waals surface area contributed by atoms with Crippen molar-refractivity contribution in [3.05, 3.63) is 36.1 Å². The van der Waals surface area contributed by atoms with Gasteiger partial charge in [-0.05, 0) is 18.6 Å². The molecule has 1 unspecified atom stereocenters. The molecule has 0 radical (unpaired) electrons. The fourth-order valence-electron chi connectivity index (χ4n) is 2.59. The Balaban J connectivity index is 1.59. The number of aliphatic imine (C=N–C) groups is 1. The van der Waals surface area contributed by atoms with E-state index < -0.39 is 9.84 Å². The molecule has 0 spiro atoms. The van der Waals surface area contributed by atoms with E-state index in [1.54, 1.807) is 7.05 Å². The Kier molecular flexibility index (Phi) is 4.06. The van der Waals surface area contributed by atoms with Crippen LogP contribution in [0.5, 0.6) is 0 Å². The third-order valence-corrected chi connectivity index (χ3v) is 5.47. The van der Waals surface area contributed by atoms with Crippen LogP contribution in [0.25, 0.3) is 11.0 Å². The Morgan fingerprint density at radius 2 is 2.23 bits per heavy atom. The standard InChI is InChI=1S/C15H19N3O3S/c1-16-15(18-12-6-7-22(19,20)10-12)17-9-13-8-11-4-2-3-5-14(11)21-13/h2-5,8,12H,6-7,9-10H2,1H3,(H2,16,17,18). The van der Waals surface area contributed by atoms with Crippen molar-refractivity contribution in [2.45, 2.75) is 19.0 Å². The summed E-state index contributed by atoms with van der Waals surface area (Å²) in [6.45, 7) is 0.494. The van der Waals surface area contributed by atoms with E-state index in [9.17, 15) is 8.42 Å². The minimum Gasteiger partial charge on any atom is -0.459 e. The molecule has 2 heterocycles. The highest BCUT2D eigenvalue weighted by Gasteiger charge is 2.28. The van der Waals surface area contributed by atoms with Gasteiger partial charge < -0.3 is 15.1 Å². The van der Waals surface area contributed by atoms with Crippen molar-refractivity contribution in [2.75, 3.05) is 18.6 Å². The highest BCUT2D eigenvalue weighted by atomic mass is 32.2. The van der Waals surface area contributed by atoms with Gasteiger partial charge in [-0.2, -0.15) is 0 Å². The molecule has 0 saturated carbocycles. The van der Waals surface area contributed by atoms with Gasteiger partial charge in [-0.25, -0.2) is 8.42 Å². The molecule has 1 atom stereocenters. The average Bonchev–Trinajstić information content (AvgIpc) is 3.05. The number of rotatable bonds is 3. The lowest BCUT2D eigenvalue weighted by Crippen LogP contribution is -2.43. The van der Waals surface area contributed by atoms with Crippen LogP contribution in [0.4, 0.5) is 0 Å². The molecule has 0 aliphatic carbocycles. The van der Waals surface area contributed by atoms with E-state index in [-0.39, 0.29) is 17.5 Å². The van der Waals surface area contributed by atoms with Gasteiger partial charge in [-0.15, -0.1) is 0 Å². The van der Waals surface area contributed by atoms with E-state index in [4.69, 9.17) is 4.42 Å². The monoisotopic (exact) mass is 321 g/mol. The predicted octanol–water partition coefficient (Wildman–Crippen LogP) is 1.28. The zero-order chi connectivity index (χ0) is 15.6. The quantitative estimate of drug-likeness (QED) is 0.657. The van der Waals surface area contributed by atoms with Gasteiger partial charge in [0.05, 0.1) is 18.1 Å². The van der Waals surface area contributed by atoms with Crippen LogP contribution in [0.15, 0.2) is 39.7 Å². The van der Waals surface area contributed by atoms with Gasteiger partial charge in [0, 0.05) is 18.5 Å². The number of sulfone groups is 1. The Hall–Kier alpha value is -2.02. The summed E-state index contributed by atoms with van der Waals surface area (Å²) in [6.07, 6.45) is 0.619. The van der Waals surface area contributed by atoms with Crippen LogP contribution >= 0.6 is 0 Å². The van der Waals surface area contributed by atoms with Crippen molar-refractivity contribution < 1.29 is 12.8 Å². The molecule has 1 aromatic heterocycles. The van der Waals surface area contributed by atoms with Crippen LogP contribution in [-0.4, -0.2) is 39.0 Å². The Morgan fingerprint density at radius 3 is 2.91 bits per heavy atom. The lowest BCUT2D eigenvalue weighted by atomic mass is 10.2. The third-order valence-electron chi connectivity index (χ3n) is 3.70. The normalized spacial score (nSPS) is 21.1. The van der Waals surface area contributed by atoms with Crippen molar-refractivity contribution >= 4 is 26.8 Å². The molecular weight excluding hydrogens is 302 g/mol. The molecule has 1 fully saturated rings. The highest BCUT2D eigenvalue weighted by molar-refractivity contribution is 7.91. The number of para-hydroxylation sites is 1. The summed E-state index contributed by atoms with van der Waals surface area (Å²) in [7, 11) is -1.23. The Bertz CT molecular complexity index is 762. The van der Waals surface area contributed by atoms with E-state index in [1.807, 2.05) is 30.3 Å². The van der Waals surface area contributed by atoms with Crippen molar-refractivity contribution in [3.8, 4) is 0 Å². The molecule has 3 rings (SSSR count). The second-order valence-electron chi connectivity index (χ2n) is 5.42. The molecular formula is C15H19N3O3S. The summed E-state index contributed by atoms with van der Waals surface area (Å²) in [5, 5.41) is 7.35. The maximum Gasteiger partial charge on any atom is 0.191 e. The van der Waals surface area contributed by atoms with Crippen molar-refractivity contribution in [3.63, 3.8) is 0 Å². The molecule has 7 heteroatoms. The van der Waals surface area contributed by atoms with Crippen LogP contribution in [0.3, 0.4) is 0 Å². The number of fused-ring (bicyclic) bond motifs is 1. The molecule has 118 valence electrons. The van der Waals surface area contributed by atoms with Gasteiger partial charge in [0.25, 0.3) is 0 Å². The zero-order valence-electron chi connectivity index (χ0n) is 12.4. The van der Waals surface area contributed by atoms with Gasteiger partial charge in [0.15, 0.2) is 15.8 Å². The lowest BCUT2D eigenvalue weighted by Gasteiger charge is -2.15. The SMILES string of the molecule is CN=C(NCc1cc2ccccc2o1)NC1CCS(=O)(=O)C1. The molecule has 0 bridgehead atoms. The second-order valence-corrected chi connectivity index (χ2v) is 7.65. The molecule has 1 aliphatic rings. The summed E-state index contributed by atoms with van der Waals surface area (Å²) in [5.41, 5.74) is 0.851. The first kappa shape index (κ1) is 14.9. The van der Waals surface area contributed by atoms with Crippen LogP contribution in [-0.2, 0) is 16.4 Å². The molecule has 6 nitrogen and oxygen atoms in total. The number of guanidine groups is 1. The van der Waals surface area contributed by atoms with E-state index in [0.717, 1.165) is 16.7 Å². The second kappa shape index (κ2) is 6.00. The van der Waals surface area contributed by atoms with Crippen LogP contribution in [0.1, 0.15) is 12.2 Å². The van der Waals surface area contributed by atoms with E-state index >= 15 is 0 Å². The summed E-state index contributed by atoms with van der Waals surface area (Å²) in [4.78, 5) is 4.13. The number of furan rings is 1. The average molecular weight is 321 g/mol. The number of benzene rings is 1. The van der Waals surface area contributed by atoms with Crippen LogP contribution in [0, 0.1) is 0 Å². The molecule has 2 N–H and O–H groups in total. The summed E-state index contributed by atoms with van der Waals surface area (Å²) >= 11 is 0. The summed E-state index contributed by atoms with van der Waals surface area (Å²) in [5.74, 6) is 1.80. The topological polar surface area (TPSA) is 83.7 Å². The first-order chi connectivity index (χ1) is 10.6. The van der Waals surface area contributed by atoms with Gasteiger partial charge in [0.2, 0.25) is 0 Å². The first-order valence-electron chi connectivity index (χ1n) is 7.21. The first-order valence-corrected chi connectivity index (χ1v) is 9.03. The van der Waals surface area contributed by atoms with E-state index in [1.165, 1.54) is 0 Å². The van der Waals surface area contributed by atoms with Crippen molar-refractivity contribution in [1.29, 1.82) is 0 Å². The molecule has 1 aromatic carbocycles. The van der Waals surface area contributed by atoms with Gasteiger partial charge in [-0.3, -0.25) is 4.99 Å². The molecule has 1 saturated heterocycles. The maximum atomic E-state index is 11.5. The van der Waals surface area contributed by atoms with E-state index in [2.05, 4.69) is 15.6 Å². The summed E-state index contributed by atoms with van der Waals surface area (Å²) < 4.78 is 28.7. The Labute approximate surface area is 129 Å². The lowest BCUT2D eigenvalue weighted by molar-refractivity contribution is 0.536. The van der Waals surface area contributed by atoms with Gasteiger partial charge in [0.1, 0.15) is 11.3 Å².